The molecule has 0 amide bonds. The molecule has 0 aliphatic carbocycles. The number of nitrogens with zero attached hydrogens (tertiary/aromatic N) is 1. The summed E-state index contributed by atoms with van der Waals surface area (Å²) in [6.45, 7) is 6.09. The Morgan fingerprint density at radius 3 is 2.58 bits per heavy atom. The summed E-state index contributed by atoms with van der Waals surface area (Å²) in [6.07, 6.45) is 0.571. The van der Waals surface area contributed by atoms with Gasteiger partial charge in [-0.25, -0.2) is 0 Å². The lowest BCUT2D eigenvalue weighted by atomic mass is 9.94. The fraction of sp³-hybridized carbons (Fsp3) is 1.00. The number of hydrogen-bond donors (Lipinski definition) is 2. The van der Waals surface area contributed by atoms with Gasteiger partial charge in [-0.05, 0) is 26.8 Å². The van der Waals surface area contributed by atoms with Gasteiger partial charge in [-0.1, -0.05) is 0 Å². The maximum absolute atomic E-state index is 9.59. The van der Waals surface area contributed by atoms with E-state index in [0.29, 0.717) is 12.6 Å². The number of aliphatic hydroxyl groups excluding tert-OH is 2. The van der Waals surface area contributed by atoms with E-state index >= 15 is 0 Å². The molecule has 3 heteroatoms. The number of piperidine rings is 1. The summed E-state index contributed by atoms with van der Waals surface area (Å²) in [7, 11) is 0. The third-order valence-electron chi connectivity index (χ3n) is 2.72. The molecule has 2 atom stereocenters. The van der Waals surface area contributed by atoms with Crippen LogP contribution in [-0.2, 0) is 0 Å². The van der Waals surface area contributed by atoms with Crippen LogP contribution >= 0.6 is 0 Å². The molecule has 1 aliphatic rings. The summed E-state index contributed by atoms with van der Waals surface area (Å²) in [5, 5.41) is 18.5. The van der Waals surface area contributed by atoms with Crippen molar-refractivity contribution in [3.63, 3.8) is 0 Å². The molecule has 0 aromatic heterocycles. The molecule has 1 rings (SSSR count). The third kappa shape index (κ3) is 2.19. The molecule has 12 heavy (non-hydrogen) atoms. The lowest BCUT2D eigenvalue weighted by Gasteiger charge is -2.37. The summed E-state index contributed by atoms with van der Waals surface area (Å²) < 4.78 is 0. The highest BCUT2D eigenvalue weighted by Gasteiger charge is 2.27. The van der Waals surface area contributed by atoms with Crippen molar-refractivity contribution in [2.24, 2.45) is 5.92 Å². The first-order valence-corrected chi connectivity index (χ1v) is 4.68. The maximum atomic E-state index is 9.59. The number of likely N-dealkylation sites (tertiary alicyclic amines) is 1. The van der Waals surface area contributed by atoms with Gasteiger partial charge < -0.3 is 10.2 Å². The van der Waals surface area contributed by atoms with Crippen LogP contribution in [0.15, 0.2) is 0 Å². The van der Waals surface area contributed by atoms with Gasteiger partial charge in [0.2, 0.25) is 0 Å². The van der Waals surface area contributed by atoms with Crippen LogP contribution in [0.4, 0.5) is 0 Å². The van der Waals surface area contributed by atoms with E-state index in [2.05, 4.69) is 18.7 Å². The highest BCUT2D eigenvalue weighted by atomic mass is 16.3. The zero-order valence-corrected chi connectivity index (χ0v) is 7.90. The van der Waals surface area contributed by atoms with E-state index in [1.807, 2.05) is 0 Å². The van der Waals surface area contributed by atoms with Crippen molar-refractivity contribution in [2.75, 3.05) is 19.7 Å². The number of β-amino-alcohol motifs (C(OH)–C–C–N with tert-alkyl or cyclic N) is 1. The lowest BCUT2D eigenvalue weighted by Crippen LogP contribution is -2.47. The molecule has 0 radical (unpaired) electrons. The number of rotatable bonds is 2. The molecule has 1 aliphatic heterocycles. The van der Waals surface area contributed by atoms with E-state index in [-0.39, 0.29) is 18.6 Å². The highest BCUT2D eigenvalue weighted by Crippen LogP contribution is 2.18. The molecule has 0 unspecified atom stereocenters. The highest BCUT2D eigenvalue weighted by molar-refractivity contribution is 4.80. The van der Waals surface area contributed by atoms with Crippen LogP contribution in [0.5, 0.6) is 0 Å². The lowest BCUT2D eigenvalue weighted by molar-refractivity contribution is -0.0116. The molecule has 0 aromatic rings. The average Bonchev–Trinajstić information content (AvgIpc) is 2.04. The summed E-state index contributed by atoms with van der Waals surface area (Å²) in [5.41, 5.74) is 0. The number of hydrogen-bond acceptors (Lipinski definition) is 3. The molecule has 0 aromatic carbocycles. The fourth-order valence-electron chi connectivity index (χ4n) is 1.69. The summed E-state index contributed by atoms with van der Waals surface area (Å²) >= 11 is 0. The van der Waals surface area contributed by atoms with Crippen LogP contribution < -0.4 is 0 Å². The van der Waals surface area contributed by atoms with Crippen molar-refractivity contribution in [3.8, 4) is 0 Å². The van der Waals surface area contributed by atoms with Crippen molar-refractivity contribution < 1.29 is 10.2 Å². The SMILES string of the molecule is CC(C)N1CC[C@@H](CO)[C@H](O)C1. The molecule has 1 heterocycles. The fourth-order valence-corrected chi connectivity index (χ4v) is 1.69. The van der Waals surface area contributed by atoms with Gasteiger partial charge in [0, 0.05) is 25.1 Å². The van der Waals surface area contributed by atoms with Crippen molar-refractivity contribution in [1.29, 1.82) is 0 Å². The Morgan fingerprint density at radius 2 is 2.17 bits per heavy atom. The van der Waals surface area contributed by atoms with Crippen molar-refractivity contribution in [2.45, 2.75) is 32.4 Å². The Labute approximate surface area is 74.0 Å². The van der Waals surface area contributed by atoms with Crippen LogP contribution in [0.2, 0.25) is 0 Å². The Morgan fingerprint density at radius 1 is 1.50 bits per heavy atom. The normalized spacial score (nSPS) is 32.8. The van der Waals surface area contributed by atoms with Gasteiger partial charge in [0.05, 0.1) is 6.10 Å². The second-order valence-electron chi connectivity index (χ2n) is 3.89. The Kier molecular flexibility index (Phi) is 3.50. The van der Waals surface area contributed by atoms with Gasteiger partial charge in [0.1, 0.15) is 0 Å². The smallest absolute Gasteiger partial charge is 0.0717 e. The molecule has 0 spiro atoms. The standard InChI is InChI=1S/C9H19NO2/c1-7(2)10-4-3-8(6-11)9(12)5-10/h7-9,11-12H,3-6H2,1-2H3/t8-,9+/m0/s1. The van der Waals surface area contributed by atoms with E-state index in [1.165, 1.54) is 0 Å². The van der Waals surface area contributed by atoms with Crippen LogP contribution in [0.25, 0.3) is 0 Å². The largest absolute Gasteiger partial charge is 0.396 e. The van der Waals surface area contributed by atoms with Gasteiger partial charge in [-0.2, -0.15) is 0 Å². The minimum Gasteiger partial charge on any atom is -0.396 e. The second-order valence-corrected chi connectivity index (χ2v) is 3.89. The molecule has 0 bridgehead atoms. The Balaban J connectivity index is 2.40. The topological polar surface area (TPSA) is 43.7 Å². The summed E-state index contributed by atoms with van der Waals surface area (Å²) in [6, 6.07) is 0.499. The van der Waals surface area contributed by atoms with E-state index in [1.54, 1.807) is 0 Å². The maximum Gasteiger partial charge on any atom is 0.0717 e. The first-order chi connectivity index (χ1) is 5.65. The van der Waals surface area contributed by atoms with Crippen LogP contribution in [0, 0.1) is 5.92 Å². The summed E-state index contributed by atoms with van der Waals surface area (Å²) in [4.78, 5) is 2.25. The molecule has 2 N–H and O–H groups in total. The minimum atomic E-state index is -0.342. The van der Waals surface area contributed by atoms with Gasteiger partial charge >= 0.3 is 0 Å². The molecule has 1 fully saturated rings. The van der Waals surface area contributed by atoms with Gasteiger partial charge in [-0.15, -0.1) is 0 Å². The quantitative estimate of drug-likeness (QED) is 0.621. The third-order valence-corrected chi connectivity index (χ3v) is 2.72. The van der Waals surface area contributed by atoms with Crippen molar-refractivity contribution >= 4 is 0 Å². The zero-order chi connectivity index (χ0) is 9.14. The average molecular weight is 173 g/mol. The van der Waals surface area contributed by atoms with Crippen molar-refractivity contribution in [3.05, 3.63) is 0 Å². The van der Waals surface area contributed by atoms with Crippen LogP contribution in [0.1, 0.15) is 20.3 Å². The van der Waals surface area contributed by atoms with Gasteiger partial charge in [-0.3, -0.25) is 4.90 Å². The molecule has 1 saturated heterocycles. The molecular formula is C9H19NO2. The number of aliphatic hydroxyl groups is 2. The van der Waals surface area contributed by atoms with Crippen molar-refractivity contribution in [1.82, 2.24) is 4.90 Å². The molecular weight excluding hydrogens is 154 g/mol. The minimum absolute atomic E-state index is 0.0972. The van der Waals surface area contributed by atoms with E-state index in [9.17, 15) is 5.11 Å². The Bertz CT molecular complexity index is 138. The molecule has 3 nitrogen and oxygen atoms in total. The first-order valence-electron chi connectivity index (χ1n) is 4.68. The predicted molar refractivity (Wildman–Crippen MR) is 47.9 cm³/mol. The van der Waals surface area contributed by atoms with Crippen LogP contribution in [0.3, 0.4) is 0 Å². The Hall–Kier alpha value is -0.120. The van der Waals surface area contributed by atoms with E-state index in [0.717, 1.165) is 13.0 Å². The molecule has 0 saturated carbocycles. The van der Waals surface area contributed by atoms with Gasteiger partial charge in [0.15, 0.2) is 0 Å². The first kappa shape index (κ1) is 9.96. The monoisotopic (exact) mass is 173 g/mol. The van der Waals surface area contributed by atoms with Crippen LogP contribution in [-0.4, -0.2) is 47.0 Å². The van der Waals surface area contributed by atoms with Gasteiger partial charge in [0.25, 0.3) is 0 Å². The predicted octanol–water partition coefficient (Wildman–Crippen LogP) is 0.0699. The van der Waals surface area contributed by atoms with E-state index < -0.39 is 0 Å². The summed E-state index contributed by atoms with van der Waals surface area (Å²) in [5.74, 6) is 0.0972. The van der Waals surface area contributed by atoms with E-state index in [4.69, 9.17) is 5.11 Å². The molecule has 72 valence electrons. The zero-order valence-electron chi connectivity index (χ0n) is 7.90. The second kappa shape index (κ2) is 4.21.